The summed E-state index contributed by atoms with van der Waals surface area (Å²) in [5.74, 6) is 0.717. The predicted molar refractivity (Wildman–Crippen MR) is 93.0 cm³/mol. The van der Waals surface area contributed by atoms with E-state index in [1.807, 2.05) is 24.3 Å². The SMILES string of the molecule is COCc1cc(C[C@@H]2CC[C@H](O)[C@@H](CNCc3ccccc3)O2)no1. The molecule has 1 aromatic carbocycles. The Morgan fingerprint density at radius 3 is 2.92 bits per heavy atom. The first-order valence-corrected chi connectivity index (χ1v) is 8.76. The molecule has 6 nitrogen and oxygen atoms in total. The highest BCUT2D eigenvalue weighted by Crippen LogP contribution is 2.22. The number of nitrogens with one attached hydrogen (secondary N) is 1. The van der Waals surface area contributed by atoms with E-state index in [1.165, 1.54) is 5.56 Å². The van der Waals surface area contributed by atoms with E-state index in [0.29, 0.717) is 19.6 Å². The van der Waals surface area contributed by atoms with Crippen molar-refractivity contribution in [2.24, 2.45) is 0 Å². The van der Waals surface area contributed by atoms with Gasteiger partial charge in [-0.1, -0.05) is 35.5 Å². The van der Waals surface area contributed by atoms with Crippen molar-refractivity contribution in [2.45, 2.75) is 50.7 Å². The minimum atomic E-state index is -0.430. The van der Waals surface area contributed by atoms with Crippen LogP contribution >= 0.6 is 0 Å². The molecule has 25 heavy (non-hydrogen) atoms. The molecule has 0 bridgehead atoms. The van der Waals surface area contributed by atoms with Gasteiger partial charge in [0.05, 0.1) is 24.0 Å². The van der Waals surface area contributed by atoms with Crippen LogP contribution in [0.5, 0.6) is 0 Å². The van der Waals surface area contributed by atoms with Crippen molar-refractivity contribution >= 4 is 0 Å². The average molecular weight is 346 g/mol. The number of aliphatic hydroxyl groups is 1. The van der Waals surface area contributed by atoms with E-state index >= 15 is 0 Å². The molecule has 2 aromatic rings. The lowest BCUT2D eigenvalue weighted by atomic mass is 9.98. The van der Waals surface area contributed by atoms with Crippen LogP contribution in [0.2, 0.25) is 0 Å². The fraction of sp³-hybridized carbons (Fsp3) is 0.526. The molecule has 0 spiro atoms. The molecule has 0 unspecified atom stereocenters. The first-order chi connectivity index (χ1) is 12.2. The third kappa shape index (κ3) is 5.37. The maximum absolute atomic E-state index is 10.2. The molecule has 1 aliphatic heterocycles. The van der Waals surface area contributed by atoms with Crippen molar-refractivity contribution in [3.63, 3.8) is 0 Å². The molecule has 1 fully saturated rings. The first kappa shape index (κ1) is 18.1. The number of benzene rings is 1. The molecule has 2 heterocycles. The number of hydrogen-bond donors (Lipinski definition) is 2. The van der Waals surface area contributed by atoms with Gasteiger partial charge in [-0.05, 0) is 18.4 Å². The average Bonchev–Trinajstić information content (AvgIpc) is 3.06. The van der Waals surface area contributed by atoms with E-state index in [-0.39, 0.29) is 12.2 Å². The summed E-state index contributed by atoms with van der Waals surface area (Å²) in [6.45, 7) is 1.81. The first-order valence-electron chi connectivity index (χ1n) is 8.76. The number of ether oxygens (including phenoxy) is 2. The Kier molecular flexibility index (Phi) is 6.58. The molecule has 0 radical (unpaired) electrons. The normalized spacial score (nSPS) is 23.7. The van der Waals surface area contributed by atoms with Gasteiger partial charge in [0, 0.05) is 32.7 Å². The fourth-order valence-corrected chi connectivity index (χ4v) is 3.13. The van der Waals surface area contributed by atoms with Gasteiger partial charge in [-0.15, -0.1) is 0 Å². The van der Waals surface area contributed by atoms with E-state index < -0.39 is 6.10 Å². The lowest BCUT2D eigenvalue weighted by Crippen LogP contribution is -2.45. The smallest absolute Gasteiger partial charge is 0.162 e. The van der Waals surface area contributed by atoms with Crippen LogP contribution in [0, 0.1) is 0 Å². The third-order valence-electron chi connectivity index (χ3n) is 4.43. The highest BCUT2D eigenvalue weighted by atomic mass is 16.5. The van der Waals surface area contributed by atoms with Gasteiger partial charge in [-0.25, -0.2) is 0 Å². The molecule has 1 aromatic heterocycles. The highest BCUT2D eigenvalue weighted by Gasteiger charge is 2.30. The van der Waals surface area contributed by atoms with Crippen molar-refractivity contribution in [1.82, 2.24) is 10.5 Å². The summed E-state index contributed by atoms with van der Waals surface area (Å²) in [6.07, 6.45) is 1.67. The fourth-order valence-electron chi connectivity index (χ4n) is 3.13. The number of rotatable bonds is 8. The summed E-state index contributed by atoms with van der Waals surface area (Å²) in [7, 11) is 1.63. The van der Waals surface area contributed by atoms with Crippen LogP contribution in [-0.2, 0) is 29.0 Å². The zero-order valence-electron chi connectivity index (χ0n) is 14.6. The Hall–Kier alpha value is -1.73. The lowest BCUT2D eigenvalue weighted by molar-refractivity contribution is -0.115. The van der Waals surface area contributed by atoms with Crippen LogP contribution in [0.15, 0.2) is 40.9 Å². The molecule has 0 saturated carbocycles. The predicted octanol–water partition coefficient (Wildman–Crippen LogP) is 2.06. The molecule has 1 aliphatic rings. The zero-order chi connectivity index (χ0) is 17.5. The highest BCUT2D eigenvalue weighted by molar-refractivity contribution is 5.14. The number of methoxy groups -OCH3 is 1. The molecule has 136 valence electrons. The number of aromatic nitrogens is 1. The van der Waals surface area contributed by atoms with Crippen LogP contribution in [0.1, 0.15) is 29.9 Å². The number of nitrogens with zero attached hydrogens (tertiary/aromatic N) is 1. The van der Waals surface area contributed by atoms with Crippen molar-refractivity contribution in [1.29, 1.82) is 0 Å². The molecule has 0 aliphatic carbocycles. The zero-order valence-corrected chi connectivity index (χ0v) is 14.6. The topological polar surface area (TPSA) is 76.8 Å². The molecule has 6 heteroatoms. The van der Waals surface area contributed by atoms with Gasteiger partial charge in [-0.3, -0.25) is 0 Å². The Morgan fingerprint density at radius 2 is 2.12 bits per heavy atom. The molecule has 0 amide bonds. The van der Waals surface area contributed by atoms with E-state index in [9.17, 15) is 5.11 Å². The summed E-state index contributed by atoms with van der Waals surface area (Å²) < 4.78 is 16.3. The lowest BCUT2D eigenvalue weighted by Gasteiger charge is -2.34. The second-order valence-electron chi connectivity index (χ2n) is 6.48. The van der Waals surface area contributed by atoms with Gasteiger partial charge in [0.1, 0.15) is 6.61 Å². The van der Waals surface area contributed by atoms with Crippen molar-refractivity contribution in [3.05, 3.63) is 53.4 Å². The van der Waals surface area contributed by atoms with E-state index in [2.05, 4.69) is 22.6 Å². The monoisotopic (exact) mass is 346 g/mol. The van der Waals surface area contributed by atoms with Crippen LogP contribution in [0.25, 0.3) is 0 Å². The molecule has 3 atom stereocenters. The van der Waals surface area contributed by atoms with Crippen molar-refractivity contribution in [2.75, 3.05) is 13.7 Å². The Balaban J connectivity index is 1.47. The molecule has 2 N–H and O–H groups in total. The quantitative estimate of drug-likeness (QED) is 0.762. The summed E-state index contributed by atoms with van der Waals surface area (Å²) in [5.41, 5.74) is 2.09. The number of aliphatic hydroxyl groups excluding tert-OH is 1. The summed E-state index contributed by atoms with van der Waals surface area (Å²) in [6, 6.07) is 12.1. The van der Waals surface area contributed by atoms with Crippen LogP contribution in [0.4, 0.5) is 0 Å². The summed E-state index contributed by atoms with van der Waals surface area (Å²) >= 11 is 0. The minimum Gasteiger partial charge on any atom is -0.390 e. The minimum absolute atomic E-state index is 0.0485. The molecular weight excluding hydrogens is 320 g/mol. The number of hydrogen-bond acceptors (Lipinski definition) is 6. The van der Waals surface area contributed by atoms with Crippen molar-refractivity contribution in [3.8, 4) is 0 Å². The summed E-state index contributed by atoms with van der Waals surface area (Å²) in [4.78, 5) is 0. The largest absolute Gasteiger partial charge is 0.390 e. The van der Waals surface area contributed by atoms with Crippen LogP contribution < -0.4 is 5.32 Å². The van der Waals surface area contributed by atoms with E-state index in [1.54, 1.807) is 7.11 Å². The summed E-state index contributed by atoms with van der Waals surface area (Å²) in [5, 5.41) is 17.6. The third-order valence-corrected chi connectivity index (χ3v) is 4.43. The molecule has 1 saturated heterocycles. The Morgan fingerprint density at radius 1 is 1.28 bits per heavy atom. The van der Waals surface area contributed by atoms with Gasteiger partial charge in [0.2, 0.25) is 0 Å². The van der Waals surface area contributed by atoms with Crippen LogP contribution in [-0.4, -0.2) is 42.2 Å². The van der Waals surface area contributed by atoms with Gasteiger partial charge in [0.15, 0.2) is 5.76 Å². The van der Waals surface area contributed by atoms with Gasteiger partial charge >= 0.3 is 0 Å². The van der Waals surface area contributed by atoms with Gasteiger partial charge in [-0.2, -0.15) is 0 Å². The second-order valence-corrected chi connectivity index (χ2v) is 6.48. The van der Waals surface area contributed by atoms with Gasteiger partial charge in [0.25, 0.3) is 0 Å². The standard InChI is InChI=1S/C19H26N2O4/c1-23-13-17-10-15(21-25-17)9-16-7-8-18(22)19(24-16)12-20-11-14-5-3-2-4-6-14/h2-6,10,16,18-20,22H,7-9,11-13H2,1H3/t16-,18-,19+/m0/s1. The van der Waals surface area contributed by atoms with E-state index in [0.717, 1.165) is 30.8 Å². The maximum Gasteiger partial charge on any atom is 0.162 e. The Bertz CT molecular complexity index is 631. The molecule has 3 rings (SSSR count). The molecular formula is C19H26N2O4. The Labute approximate surface area is 148 Å². The maximum atomic E-state index is 10.2. The second kappa shape index (κ2) is 9.10. The van der Waals surface area contributed by atoms with E-state index in [4.69, 9.17) is 14.0 Å². The van der Waals surface area contributed by atoms with Gasteiger partial charge < -0.3 is 24.4 Å². The van der Waals surface area contributed by atoms with Crippen molar-refractivity contribution < 1.29 is 19.1 Å². The van der Waals surface area contributed by atoms with Crippen LogP contribution in [0.3, 0.4) is 0 Å².